The lowest BCUT2D eigenvalue weighted by Gasteiger charge is -2.47. The Labute approximate surface area is 165 Å². The van der Waals surface area contributed by atoms with E-state index in [1.54, 1.807) is 6.92 Å². The monoisotopic (exact) mass is 405 g/mol. The zero-order valence-electron chi connectivity index (χ0n) is 15.8. The van der Waals surface area contributed by atoms with E-state index < -0.39 is 46.8 Å². The molecule has 0 aromatic heterocycles. The minimum atomic E-state index is -1.35. The first-order valence-corrected chi connectivity index (χ1v) is 8.89. The van der Waals surface area contributed by atoms with Crippen molar-refractivity contribution in [3.63, 3.8) is 0 Å². The SMILES string of the molecule is CCN(C(=O)OC)C1C(=O)N2C(C(=O)OCc3ccc([N+](=O)[O-])cc3)C(=O)CC12. The largest absolute Gasteiger partial charge is 0.459 e. The first-order chi connectivity index (χ1) is 13.8. The number of nitrogens with zero attached hydrogens (tertiary/aromatic N) is 3. The predicted octanol–water partition coefficient (Wildman–Crippen LogP) is 0.647. The van der Waals surface area contributed by atoms with Crippen LogP contribution in [0.25, 0.3) is 0 Å². The molecule has 0 saturated carbocycles. The molecule has 11 nitrogen and oxygen atoms in total. The van der Waals surface area contributed by atoms with Crippen molar-refractivity contribution >= 4 is 29.4 Å². The highest BCUT2D eigenvalue weighted by Crippen LogP contribution is 2.37. The van der Waals surface area contributed by atoms with Gasteiger partial charge in [-0.2, -0.15) is 0 Å². The molecule has 0 N–H and O–H groups in total. The van der Waals surface area contributed by atoms with E-state index in [2.05, 4.69) is 4.74 Å². The number of methoxy groups -OCH3 is 1. The molecule has 154 valence electrons. The van der Waals surface area contributed by atoms with E-state index in [0.29, 0.717) is 5.56 Å². The van der Waals surface area contributed by atoms with Crippen molar-refractivity contribution < 1.29 is 33.6 Å². The molecule has 3 rings (SSSR count). The predicted molar refractivity (Wildman–Crippen MR) is 95.5 cm³/mol. The van der Waals surface area contributed by atoms with Gasteiger partial charge in [0.15, 0.2) is 11.8 Å². The molecule has 11 heteroatoms. The summed E-state index contributed by atoms with van der Waals surface area (Å²) in [5.41, 5.74) is 0.402. The molecule has 1 aromatic carbocycles. The van der Waals surface area contributed by atoms with Gasteiger partial charge in [-0.15, -0.1) is 0 Å². The summed E-state index contributed by atoms with van der Waals surface area (Å²) in [6.07, 6.45) is -0.733. The fraction of sp³-hybridized carbons (Fsp3) is 0.444. The maximum Gasteiger partial charge on any atom is 0.410 e. The van der Waals surface area contributed by atoms with E-state index in [9.17, 15) is 29.3 Å². The Morgan fingerprint density at radius 3 is 2.48 bits per heavy atom. The first kappa shape index (κ1) is 20.2. The van der Waals surface area contributed by atoms with Crippen molar-refractivity contribution in [2.75, 3.05) is 13.7 Å². The van der Waals surface area contributed by atoms with Gasteiger partial charge in [-0.3, -0.25) is 24.6 Å². The van der Waals surface area contributed by atoms with Gasteiger partial charge in [-0.25, -0.2) is 9.59 Å². The quantitative estimate of drug-likeness (QED) is 0.221. The summed E-state index contributed by atoms with van der Waals surface area (Å²) in [4.78, 5) is 61.7. The van der Waals surface area contributed by atoms with Crippen LogP contribution in [0, 0.1) is 10.1 Å². The van der Waals surface area contributed by atoms with Crippen LogP contribution in [0.3, 0.4) is 0 Å². The number of hydrogen-bond donors (Lipinski definition) is 0. The molecule has 2 heterocycles. The number of likely N-dealkylation sites (N-methyl/N-ethyl adjacent to an activating group) is 1. The molecule has 0 bridgehead atoms. The van der Waals surface area contributed by atoms with E-state index in [1.165, 1.54) is 36.3 Å². The number of carbonyl (C=O) groups is 4. The number of fused-ring (bicyclic) bond motifs is 1. The van der Waals surface area contributed by atoms with Gasteiger partial charge < -0.3 is 14.4 Å². The van der Waals surface area contributed by atoms with Gasteiger partial charge in [0.1, 0.15) is 12.6 Å². The average molecular weight is 405 g/mol. The first-order valence-electron chi connectivity index (χ1n) is 8.89. The summed E-state index contributed by atoms with van der Waals surface area (Å²) in [6, 6.07) is 2.63. The molecule has 3 atom stereocenters. The number of Topliss-reactive ketones (excluding diaryl/α,β-unsaturated/α-hetero) is 1. The third-order valence-corrected chi connectivity index (χ3v) is 5.06. The van der Waals surface area contributed by atoms with Crippen LogP contribution >= 0.6 is 0 Å². The molecule has 2 fully saturated rings. The Hall–Kier alpha value is -3.50. The Balaban J connectivity index is 1.65. The van der Waals surface area contributed by atoms with E-state index in [0.717, 1.165) is 4.90 Å². The fourth-order valence-corrected chi connectivity index (χ4v) is 3.64. The van der Waals surface area contributed by atoms with Crippen molar-refractivity contribution in [2.24, 2.45) is 0 Å². The number of ether oxygens (including phenoxy) is 2. The Morgan fingerprint density at radius 2 is 1.93 bits per heavy atom. The lowest BCUT2D eigenvalue weighted by Crippen LogP contribution is -2.71. The summed E-state index contributed by atoms with van der Waals surface area (Å²) in [5, 5.41) is 10.7. The third-order valence-electron chi connectivity index (χ3n) is 5.06. The summed E-state index contributed by atoms with van der Waals surface area (Å²) in [7, 11) is 1.20. The standard InChI is InChI=1S/C18H19N3O8/c1-3-19(18(25)28-2)14-12-8-13(22)15(20(12)16(14)23)17(24)29-9-10-4-6-11(7-5-10)21(26)27/h4-7,12,14-15H,3,8-9H2,1-2H3. The highest BCUT2D eigenvalue weighted by atomic mass is 16.6. The summed E-state index contributed by atoms with van der Waals surface area (Å²) in [6.45, 7) is 1.70. The Morgan fingerprint density at radius 1 is 1.28 bits per heavy atom. The molecular weight excluding hydrogens is 386 g/mol. The molecule has 3 unspecified atom stereocenters. The average Bonchev–Trinajstić information content (AvgIpc) is 3.02. The molecular formula is C18H19N3O8. The zero-order chi connectivity index (χ0) is 21.3. The number of amides is 2. The number of carbonyl (C=O) groups excluding carboxylic acids is 4. The van der Waals surface area contributed by atoms with Crippen molar-refractivity contribution in [2.45, 2.75) is 38.1 Å². The second-order valence-electron chi connectivity index (χ2n) is 6.62. The normalized spacial score (nSPS) is 22.6. The number of ketones is 1. The zero-order valence-corrected chi connectivity index (χ0v) is 15.8. The lowest BCUT2D eigenvalue weighted by molar-refractivity contribution is -0.384. The van der Waals surface area contributed by atoms with Gasteiger partial charge in [-0.05, 0) is 24.6 Å². The van der Waals surface area contributed by atoms with Gasteiger partial charge in [0.2, 0.25) is 5.91 Å². The smallest absolute Gasteiger partial charge is 0.410 e. The van der Waals surface area contributed by atoms with Gasteiger partial charge in [0.25, 0.3) is 5.69 Å². The second-order valence-corrected chi connectivity index (χ2v) is 6.62. The van der Waals surface area contributed by atoms with E-state index in [1.807, 2.05) is 0 Å². The molecule has 29 heavy (non-hydrogen) atoms. The van der Waals surface area contributed by atoms with Crippen LogP contribution in [0.4, 0.5) is 10.5 Å². The number of nitro groups is 1. The number of benzene rings is 1. The summed E-state index contributed by atoms with van der Waals surface area (Å²) < 4.78 is 9.81. The molecule has 2 aliphatic heterocycles. The number of β-lactam (4-membered cyclic amide) rings is 1. The van der Waals surface area contributed by atoms with Crippen molar-refractivity contribution in [1.82, 2.24) is 9.80 Å². The van der Waals surface area contributed by atoms with Crippen LogP contribution in [-0.4, -0.2) is 70.3 Å². The van der Waals surface area contributed by atoms with E-state index in [4.69, 9.17) is 4.74 Å². The molecule has 2 aliphatic rings. The number of non-ortho nitro benzene ring substituents is 1. The molecule has 1 aromatic rings. The van der Waals surface area contributed by atoms with Gasteiger partial charge >= 0.3 is 12.1 Å². The van der Waals surface area contributed by atoms with Crippen LogP contribution in [0.2, 0.25) is 0 Å². The minimum absolute atomic E-state index is 0.0544. The molecule has 0 spiro atoms. The molecule has 0 aliphatic carbocycles. The number of esters is 1. The number of nitro benzene ring substituents is 1. The third kappa shape index (κ3) is 3.50. The molecule has 0 radical (unpaired) electrons. The van der Waals surface area contributed by atoms with Crippen molar-refractivity contribution in [1.29, 1.82) is 0 Å². The fourth-order valence-electron chi connectivity index (χ4n) is 3.64. The van der Waals surface area contributed by atoms with Gasteiger partial charge in [0.05, 0.1) is 18.1 Å². The minimum Gasteiger partial charge on any atom is -0.459 e. The highest BCUT2D eigenvalue weighted by molar-refractivity contribution is 6.12. The van der Waals surface area contributed by atoms with Crippen LogP contribution in [0.15, 0.2) is 24.3 Å². The van der Waals surface area contributed by atoms with Crippen LogP contribution in [-0.2, 0) is 30.5 Å². The topological polar surface area (TPSA) is 136 Å². The van der Waals surface area contributed by atoms with Gasteiger partial charge in [-0.1, -0.05) is 0 Å². The van der Waals surface area contributed by atoms with E-state index >= 15 is 0 Å². The maximum atomic E-state index is 12.6. The molecule has 2 saturated heterocycles. The van der Waals surface area contributed by atoms with Gasteiger partial charge in [0, 0.05) is 25.1 Å². The Bertz CT molecular complexity index is 868. The van der Waals surface area contributed by atoms with Crippen LogP contribution in [0.1, 0.15) is 18.9 Å². The maximum absolute atomic E-state index is 12.6. The van der Waals surface area contributed by atoms with E-state index in [-0.39, 0.29) is 25.3 Å². The summed E-state index contributed by atoms with van der Waals surface area (Å²) in [5.74, 6) is -1.84. The number of rotatable bonds is 6. The van der Waals surface area contributed by atoms with Crippen molar-refractivity contribution in [3.05, 3.63) is 39.9 Å². The summed E-state index contributed by atoms with van der Waals surface area (Å²) >= 11 is 0. The van der Waals surface area contributed by atoms with Crippen molar-refractivity contribution in [3.8, 4) is 0 Å². The highest BCUT2D eigenvalue weighted by Gasteiger charge is 2.62. The Kier molecular flexibility index (Phi) is 5.48. The van der Waals surface area contributed by atoms with Crippen LogP contribution in [0.5, 0.6) is 0 Å². The van der Waals surface area contributed by atoms with Crippen LogP contribution < -0.4 is 0 Å². The number of hydrogen-bond acceptors (Lipinski definition) is 8. The lowest BCUT2D eigenvalue weighted by atomic mass is 9.94. The molecule has 2 amide bonds. The second kappa shape index (κ2) is 7.86.